The molecule has 3 aromatic rings. The Morgan fingerprint density at radius 1 is 1.21 bits per heavy atom. The Balaban J connectivity index is 1.41. The first-order valence-corrected chi connectivity index (χ1v) is 13.4. The predicted molar refractivity (Wildman–Crippen MR) is 137 cm³/mol. The second-order valence-electron chi connectivity index (χ2n) is 8.62. The van der Waals surface area contributed by atoms with Crippen LogP contribution in [0, 0.1) is 0 Å². The van der Waals surface area contributed by atoms with Gasteiger partial charge in [-0.2, -0.15) is 10.1 Å². The van der Waals surface area contributed by atoms with Crippen LogP contribution in [-0.4, -0.2) is 45.5 Å². The molecule has 38 heavy (non-hydrogen) atoms. The molecular formula is C25H29N4O8P. The minimum absolute atomic E-state index is 0.0409. The van der Waals surface area contributed by atoms with Gasteiger partial charge in [-0.25, -0.2) is 9.36 Å². The maximum atomic E-state index is 13.7. The molecule has 12 nitrogen and oxygen atoms in total. The molecule has 5 atom stereocenters. The number of ether oxygens (including phenoxy) is 2. The van der Waals surface area contributed by atoms with Crippen LogP contribution in [0.25, 0.3) is 0 Å². The number of hydrogen-bond acceptors (Lipinski definition) is 10. The fraction of sp³-hybridized carbons (Fsp3) is 0.320. The van der Waals surface area contributed by atoms with Crippen molar-refractivity contribution in [2.75, 3.05) is 12.3 Å². The number of nitrogen functional groups attached to an aromatic ring is 1. The molecule has 1 aromatic heterocycles. The summed E-state index contributed by atoms with van der Waals surface area (Å²) in [5.41, 5.74) is 5.69. The Kier molecular flexibility index (Phi) is 8.93. The lowest BCUT2D eigenvalue weighted by Crippen LogP contribution is -2.36. The first kappa shape index (κ1) is 27.5. The lowest BCUT2D eigenvalue weighted by molar-refractivity contribution is -0.146. The third-order valence-electron chi connectivity index (χ3n) is 5.67. The van der Waals surface area contributed by atoms with E-state index in [0.29, 0.717) is 0 Å². The number of nitrogens with one attached hydrogen (secondary N) is 1. The van der Waals surface area contributed by atoms with Gasteiger partial charge in [0.25, 0.3) is 0 Å². The van der Waals surface area contributed by atoms with Crippen LogP contribution in [0.5, 0.6) is 5.75 Å². The Hall–Kier alpha value is -3.54. The minimum Gasteiger partial charge on any atom is -0.460 e. The van der Waals surface area contributed by atoms with E-state index in [2.05, 4.69) is 10.1 Å². The van der Waals surface area contributed by atoms with Gasteiger partial charge in [-0.3, -0.25) is 13.9 Å². The number of nitrogens with zero attached hydrogens (tertiary/aromatic N) is 2. The predicted octanol–water partition coefficient (Wildman–Crippen LogP) is 2.40. The largest absolute Gasteiger partial charge is 0.460 e. The molecule has 0 spiro atoms. The number of hydrogen-bond donors (Lipinski definition) is 3. The fourth-order valence-corrected chi connectivity index (χ4v) is 5.21. The number of carbonyl (C=O) groups excluding carboxylic acids is 1. The van der Waals surface area contributed by atoms with E-state index in [1.54, 1.807) is 30.3 Å². The van der Waals surface area contributed by atoms with E-state index in [0.717, 1.165) is 5.56 Å². The molecule has 0 bridgehead atoms. The number of anilines is 1. The zero-order chi connectivity index (χ0) is 27.1. The van der Waals surface area contributed by atoms with Crippen LogP contribution in [0.15, 0.2) is 77.7 Å². The standard InChI is InChI=1S/C25H29N4O8P/c1-17(24(31)34-15-18-8-4-2-5-9-18)28-38(33,37-19-10-6-3-7-11-19)35-16-21-20(30)14-23(36-21)29-13-12-22(26)27-25(29)32/h2-13,17,20-21,23,30H,14-16H2,1H3,(H,28,33)(H2,26,27,32)/t17-,20+,21+,23+,38?/m0/s1. The van der Waals surface area contributed by atoms with Crippen LogP contribution in [0.1, 0.15) is 25.1 Å². The molecule has 1 fully saturated rings. The third-order valence-corrected chi connectivity index (χ3v) is 7.32. The number of rotatable bonds is 11. The number of esters is 1. The van der Waals surface area contributed by atoms with Crippen molar-refractivity contribution < 1.29 is 33.0 Å². The molecule has 4 rings (SSSR count). The number of aliphatic hydroxyl groups is 1. The van der Waals surface area contributed by atoms with Gasteiger partial charge in [-0.05, 0) is 30.7 Å². The summed E-state index contributed by atoms with van der Waals surface area (Å²) in [6, 6.07) is 17.8. The molecule has 0 radical (unpaired) electrons. The van der Waals surface area contributed by atoms with Crippen molar-refractivity contribution in [3.8, 4) is 5.75 Å². The van der Waals surface area contributed by atoms with E-state index in [1.807, 2.05) is 30.3 Å². The van der Waals surface area contributed by atoms with Gasteiger partial charge < -0.3 is 24.8 Å². The van der Waals surface area contributed by atoms with Crippen LogP contribution in [0.2, 0.25) is 0 Å². The van der Waals surface area contributed by atoms with Gasteiger partial charge in [0, 0.05) is 12.6 Å². The second kappa shape index (κ2) is 12.3. The third kappa shape index (κ3) is 7.27. The van der Waals surface area contributed by atoms with Crippen molar-refractivity contribution in [3.05, 3.63) is 89.0 Å². The smallest absolute Gasteiger partial charge is 0.459 e. The van der Waals surface area contributed by atoms with E-state index in [9.17, 15) is 19.3 Å². The summed E-state index contributed by atoms with van der Waals surface area (Å²) in [6.45, 7) is 1.14. The molecule has 1 saturated heterocycles. The molecule has 0 amide bonds. The molecule has 13 heteroatoms. The van der Waals surface area contributed by atoms with Crippen LogP contribution in [0.4, 0.5) is 5.82 Å². The number of aliphatic hydroxyl groups excluding tert-OH is 1. The monoisotopic (exact) mass is 544 g/mol. The minimum atomic E-state index is -4.17. The fourth-order valence-electron chi connectivity index (χ4n) is 3.71. The van der Waals surface area contributed by atoms with E-state index in [-0.39, 0.29) is 31.2 Å². The van der Waals surface area contributed by atoms with E-state index in [1.165, 1.54) is 23.8 Å². The molecule has 1 aliphatic rings. The van der Waals surface area contributed by atoms with Crippen LogP contribution in [-0.2, 0) is 30.0 Å². The Bertz CT molecular complexity index is 1320. The lowest BCUT2D eigenvalue weighted by atomic mass is 10.2. The van der Waals surface area contributed by atoms with Gasteiger partial charge in [0.2, 0.25) is 0 Å². The number of nitrogens with two attached hydrogens (primary N) is 1. The van der Waals surface area contributed by atoms with E-state index < -0.39 is 43.9 Å². The summed E-state index contributed by atoms with van der Waals surface area (Å²) in [6.07, 6.45) is -1.33. The zero-order valence-electron chi connectivity index (χ0n) is 20.6. The van der Waals surface area contributed by atoms with E-state index in [4.69, 9.17) is 24.3 Å². The number of benzene rings is 2. The molecule has 2 aromatic carbocycles. The molecule has 2 heterocycles. The molecule has 0 aliphatic carbocycles. The first-order chi connectivity index (χ1) is 18.2. The molecule has 1 unspecified atom stereocenters. The molecule has 0 saturated carbocycles. The average molecular weight is 545 g/mol. The maximum Gasteiger partial charge on any atom is 0.459 e. The van der Waals surface area contributed by atoms with Crippen molar-refractivity contribution in [1.82, 2.24) is 14.6 Å². The van der Waals surface area contributed by atoms with E-state index >= 15 is 0 Å². The number of para-hydroxylation sites is 1. The second-order valence-corrected chi connectivity index (χ2v) is 10.3. The van der Waals surface area contributed by atoms with Crippen molar-refractivity contribution in [1.29, 1.82) is 0 Å². The highest BCUT2D eigenvalue weighted by molar-refractivity contribution is 7.52. The van der Waals surface area contributed by atoms with Crippen molar-refractivity contribution >= 4 is 19.5 Å². The Morgan fingerprint density at radius 3 is 2.58 bits per heavy atom. The maximum absolute atomic E-state index is 13.7. The van der Waals surface area contributed by atoms with Crippen molar-refractivity contribution in [2.24, 2.45) is 0 Å². The summed E-state index contributed by atoms with van der Waals surface area (Å²) in [5.74, 6) is -0.369. The highest BCUT2D eigenvalue weighted by Gasteiger charge is 2.39. The Morgan fingerprint density at radius 2 is 1.89 bits per heavy atom. The summed E-state index contributed by atoms with van der Waals surface area (Å²) in [4.78, 5) is 28.4. The highest BCUT2D eigenvalue weighted by Crippen LogP contribution is 2.46. The Labute approximate surface area is 218 Å². The number of carbonyl (C=O) groups is 1. The van der Waals surface area contributed by atoms with Crippen LogP contribution >= 0.6 is 7.75 Å². The zero-order valence-corrected chi connectivity index (χ0v) is 21.5. The summed E-state index contributed by atoms with van der Waals surface area (Å²) >= 11 is 0. The first-order valence-electron chi connectivity index (χ1n) is 11.9. The molecule has 1 aliphatic heterocycles. The SMILES string of the molecule is C[C@H](NP(=O)(OC[C@H]1O[C@@H](n2ccc(N)nc2=O)C[C@H]1O)Oc1ccccc1)C(=O)OCc1ccccc1. The van der Waals surface area contributed by atoms with Gasteiger partial charge >= 0.3 is 19.4 Å². The molecular weight excluding hydrogens is 515 g/mol. The quantitative estimate of drug-likeness (QED) is 0.240. The summed E-state index contributed by atoms with van der Waals surface area (Å²) < 4.78 is 37.2. The number of aromatic nitrogens is 2. The topological polar surface area (TPSA) is 164 Å². The van der Waals surface area contributed by atoms with Crippen molar-refractivity contribution in [3.63, 3.8) is 0 Å². The van der Waals surface area contributed by atoms with Crippen LogP contribution < -0.4 is 21.0 Å². The summed E-state index contributed by atoms with van der Waals surface area (Å²) in [5, 5.41) is 13.1. The summed E-state index contributed by atoms with van der Waals surface area (Å²) in [7, 11) is -4.17. The average Bonchev–Trinajstić information content (AvgIpc) is 3.27. The molecule has 202 valence electrons. The lowest BCUT2D eigenvalue weighted by Gasteiger charge is -2.24. The van der Waals surface area contributed by atoms with Gasteiger partial charge in [0.1, 0.15) is 36.5 Å². The van der Waals surface area contributed by atoms with Gasteiger partial charge in [0.15, 0.2) is 0 Å². The highest BCUT2D eigenvalue weighted by atomic mass is 31.2. The van der Waals surface area contributed by atoms with Gasteiger partial charge in [-0.1, -0.05) is 48.5 Å². The normalized spacial score (nSPS) is 21.4. The van der Waals surface area contributed by atoms with Crippen molar-refractivity contribution in [2.45, 2.75) is 44.4 Å². The van der Waals surface area contributed by atoms with Crippen LogP contribution in [0.3, 0.4) is 0 Å². The van der Waals surface area contributed by atoms with Gasteiger partial charge in [-0.15, -0.1) is 0 Å². The molecule has 4 N–H and O–H groups in total. The van der Waals surface area contributed by atoms with Gasteiger partial charge in [0.05, 0.1) is 12.7 Å².